The van der Waals surface area contributed by atoms with Crippen LogP contribution in [0.25, 0.3) is 10.4 Å². The molecule has 0 atom stereocenters. The molecular weight excluding hydrogens is 429 g/mol. The summed E-state index contributed by atoms with van der Waals surface area (Å²) in [6.07, 6.45) is 0. The summed E-state index contributed by atoms with van der Waals surface area (Å²) in [5, 5.41) is 9.09. The van der Waals surface area contributed by atoms with E-state index in [-0.39, 0.29) is 4.88 Å². The van der Waals surface area contributed by atoms with E-state index in [1.807, 2.05) is 25.1 Å². The number of carboxylic acid groups (broad SMARTS) is 1. The standard InChI is InChI=1S/C12H9BrINO2S/c1-5-9(15)11(12(16)17)18-10(5)7-4-6(13)2-3-8(7)14/h2-4H,15H2,1H3,(H,16,17). The van der Waals surface area contributed by atoms with Crippen molar-refractivity contribution in [1.29, 1.82) is 0 Å². The van der Waals surface area contributed by atoms with Crippen molar-refractivity contribution in [2.75, 3.05) is 5.73 Å². The largest absolute Gasteiger partial charge is 0.477 e. The number of benzene rings is 1. The molecule has 2 aromatic rings. The van der Waals surface area contributed by atoms with Crippen molar-refractivity contribution in [3.63, 3.8) is 0 Å². The lowest BCUT2D eigenvalue weighted by atomic mass is 10.1. The molecule has 1 heterocycles. The highest BCUT2D eigenvalue weighted by Gasteiger charge is 2.19. The molecule has 3 N–H and O–H groups in total. The first kappa shape index (κ1) is 13.8. The third-order valence-electron chi connectivity index (χ3n) is 2.56. The van der Waals surface area contributed by atoms with Gasteiger partial charge in [0.2, 0.25) is 0 Å². The number of nitrogen functional groups attached to an aromatic ring is 1. The molecule has 18 heavy (non-hydrogen) atoms. The van der Waals surface area contributed by atoms with Gasteiger partial charge in [-0.3, -0.25) is 0 Å². The van der Waals surface area contributed by atoms with Crippen molar-refractivity contribution in [2.24, 2.45) is 0 Å². The molecule has 0 aliphatic carbocycles. The van der Waals surface area contributed by atoms with Crippen molar-refractivity contribution < 1.29 is 9.90 Å². The van der Waals surface area contributed by atoms with Crippen LogP contribution < -0.4 is 5.73 Å². The van der Waals surface area contributed by atoms with E-state index in [0.29, 0.717) is 5.69 Å². The van der Waals surface area contributed by atoms with Gasteiger partial charge in [-0.1, -0.05) is 15.9 Å². The van der Waals surface area contributed by atoms with Gasteiger partial charge in [0.15, 0.2) is 0 Å². The van der Waals surface area contributed by atoms with Crippen LogP contribution in [0.1, 0.15) is 15.2 Å². The highest BCUT2D eigenvalue weighted by atomic mass is 127. The van der Waals surface area contributed by atoms with Gasteiger partial charge in [0.1, 0.15) is 4.88 Å². The topological polar surface area (TPSA) is 63.3 Å². The molecule has 1 aromatic heterocycles. The van der Waals surface area contributed by atoms with Gasteiger partial charge in [-0.2, -0.15) is 0 Å². The summed E-state index contributed by atoms with van der Waals surface area (Å²) in [4.78, 5) is 12.2. The second-order valence-corrected chi connectivity index (χ2v) is 6.83. The molecule has 0 saturated carbocycles. The van der Waals surface area contributed by atoms with E-state index in [2.05, 4.69) is 38.5 Å². The third kappa shape index (κ3) is 2.41. The number of halogens is 2. The smallest absolute Gasteiger partial charge is 0.348 e. The first-order valence-corrected chi connectivity index (χ1v) is 7.68. The minimum atomic E-state index is -0.975. The summed E-state index contributed by atoms with van der Waals surface area (Å²) in [7, 11) is 0. The summed E-state index contributed by atoms with van der Waals surface area (Å²) < 4.78 is 2.03. The lowest BCUT2D eigenvalue weighted by Crippen LogP contribution is -1.97. The van der Waals surface area contributed by atoms with Crippen molar-refractivity contribution in [2.45, 2.75) is 6.92 Å². The molecule has 1 aromatic carbocycles. The Hall–Kier alpha value is -0.600. The Morgan fingerprint density at radius 1 is 1.50 bits per heavy atom. The molecule has 0 bridgehead atoms. The molecule has 0 fully saturated rings. The van der Waals surface area contributed by atoms with Gasteiger partial charge < -0.3 is 10.8 Å². The number of hydrogen-bond donors (Lipinski definition) is 2. The number of carbonyl (C=O) groups is 1. The van der Waals surface area contributed by atoms with Crippen molar-refractivity contribution in [3.05, 3.63) is 36.7 Å². The number of aromatic carboxylic acids is 1. The van der Waals surface area contributed by atoms with E-state index in [1.54, 1.807) is 0 Å². The van der Waals surface area contributed by atoms with E-state index in [1.165, 1.54) is 11.3 Å². The Kier molecular flexibility index (Phi) is 3.98. The van der Waals surface area contributed by atoms with Crippen molar-refractivity contribution >= 4 is 61.5 Å². The first-order valence-electron chi connectivity index (χ1n) is 4.99. The molecule has 0 unspecified atom stereocenters. The maximum atomic E-state index is 11.1. The van der Waals surface area contributed by atoms with Crippen LogP contribution in [0.3, 0.4) is 0 Å². The minimum absolute atomic E-state index is 0.207. The fourth-order valence-electron chi connectivity index (χ4n) is 1.61. The average Bonchev–Trinajstić information content (AvgIpc) is 2.60. The van der Waals surface area contributed by atoms with Gasteiger partial charge in [0.25, 0.3) is 0 Å². The SMILES string of the molecule is Cc1c(-c2cc(Br)ccc2I)sc(C(=O)O)c1N. The third-order valence-corrected chi connectivity index (χ3v) is 5.32. The molecule has 0 spiro atoms. The van der Waals surface area contributed by atoms with Crippen LogP contribution in [0.15, 0.2) is 22.7 Å². The molecule has 2 rings (SSSR count). The highest BCUT2D eigenvalue weighted by molar-refractivity contribution is 14.1. The van der Waals surface area contributed by atoms with Crippen LogP contribution in [0.5, 0.6) is 0 Å². The normalized spacial score (nSPS) is 10.6. The predicted octanol–water partition coefficient (Wildman–Crippen LogP) is 4.37. The summed E-state index contributed by atoms with van der Waals surface area (Å²) >= 11 is 6.88. The molecular formula is C12H9BrINO2S. The van der Waals surface area contributed by atoms with E-state index < -0.39 is 5.97 Å². The van der Waals surface area contributed by atoms with E-state index in [4.69, 9.17) is 10.8 Å². The van der Waals surface area contributed by atoms with Gasteiger partial charge >= 0.3 is 5.97 Å². The summed E-state index contributed by atoms with van der Waals surface area (Å²) in [5.74, 6) is -0.975. The van der Waals surface area contributed by atoms with E-state index >= 15 is 0 Å². The van der Waals surface area contributed by atoms with Gasteiger partial charge in [-0.15, -0.1) is 11.3 Å². The van der Waals surface area contributed by atoms with Gasteiger partial charge in [0.05, 0.1) is 5.69 Å². The molecule has 0 aliphatic heterocycles. The summed E-state index contributed by atoms with van der Waals surface area (Å²) in [6, 6.07) is 5.91. The van der Waals surface area contributed by atoms with Crippen molar-refractivity contribution in [1.82, 2.24) is 0 Å². The molecule has 0 saturated heterocycles. The maximum Gasteiger partial charge on any atom is 0.348 e. The molecule has 6 heteroatoms. The Morgan fingerprint density at radius 2 is 2.17 bits per heavy atom. The zero-order valence-corrected chi connectivity index (χ0v) is 13.9. The summed E-state index contributed by atoms with van der Waals surface area (Å²) in [5.41, 5.74) is 8.04. The van der Waals surface area contributed by atoms with Crippen LogP contribution in [0.4, 0.5) is 5.69 Å². The van der Waals surface area contributed by atoms with E-state index in [9.17, 15) is 4.79 Å². The fraction of sp³-hybridized carbons (Fsp3) is 0.0833. The maximum absolute atomic E-state index is 11.1. The Bertz CT molecular complexity index is 639. The van der Waals surface area contributed by atoms with E-state index in [0.717, 1.165) is 24.0 Å². The van der Waals surface area contributed by atoms with Gasteiger partial charge in [-0.25, -0.2) is 4.79 Å². The number of nitrogens with two attached hydrogens (primary N) is 1. The predicted molar refractivity (Wildman–Crippen MR) is 86.3 cm³/mol. The lowest BCUT2D eigenvalue weighted by molar-refractivity contribution is 0.0703. The summed E-state index contributed by atoms with van der Waals surface area (Å²) in [6.45, 7) is 1.85. The lowest BCUT2D eigenvalue weighted by Gasteiger charge is -2.04. The van der Waals surface area contributed by atoms with Crippen LogP contribution in [0, 0.1) is 10.5 Å². The van der Waals surface area contributed by atoms with Crippen molar-refractivity contribution in [3.8, 4) is 10.4 Å². The van der Waals surface area contributed by atoms with Gasteiger partial charge in [0, 0.05) is 18.5 Å². The number of thiophene rings is 1. The zero-order valence-electron chi connectivity index (χ0n) is 9.33. The number of rotatable bonds is 2. The van der Waals surface area contributed by atoms with Crippen LogP contribution in [-0.2, 0) is 0 Å². The van der Waals surface area contributed by atoms with Crippen LogP contribution in [0.2, 0.25) is 0 Å². The zero-order chi connectivity index (χ0) is 13.4. The second-order valence-electron chi connectivity index (χ2n) is 3.73. The molecule has 94 valence electrons. The Morgan fingerprint density at radius 3 is 2.72 bits per heavy atom. The average molecular weight is 438 g/mol. The molecule has 3 nitrogen and oxygen atoms in total. The highest BCUT2D eigenvalue weighted by Crippen LogP contribution is 2.40. The monoisotopic (exact) mass is 437 g/mol. The Labute approximate surface area is 130 Å². The number of anilines is 1. The fourth-order valence-corrected chi connectivity index (χ4v) is 3.86. The van der Waals surface area contributed by atoms with Gasteiger partial charge in [-0.05, 0) is 53.3 Å². The first-order chi connectivity index (χ1) is 8.41. The van der Waals surface area contributed by atoms with Crippen LogP contribution >= 0.6 is 49.9 Å². The molecule has 0 aliphatic rings. The molecule has 0 amide bonds. The number of carboxylic acids is 1. The second kappa shape index (κ2) is 5.18. The van der Waals surface area contributed by atoms with Crippen LogP contribution in [-0.4, -0.2) is 11.1 Å². The number of hydrogen-bond acceptors (Lipinski definition) is 3. The quantitative estimate of drug-likeness (QED) is 0.685. The Balaban J connectivity index is 2.68. The minimum Gasteiger partial charge on any atom is -0.477 e. The molecule has 0 radical (unpaired) electrons.